The van der Waals surface area contributed by atoms with Gasteiger partial charge in [-0.25, -0.2) is 4.98 Å². The summed E-state index contributed by atoms with van der Waals surface area (Å²) in [6, 6.07) is 10.4. The number of ether oxygens (including phenoxy) is 1. The van der Waals surface area contributed by atoms with Gasteiger partial charge in [0, 0.05) is 0 Å². The molecule has 18 heavy (non-hydrogen) atoms. The Balaban J connectivity index is 2.31. The molecule has 2 rings (SSSR count). The van der Waals surface area contributed by atoms with E-state index in [1.807, 2.05) is 6.07 Å². The highest BCUT2D eigenvalue weighted by molar-refractivity contribution is 5.49. The van der Waals surface area contributed by atoms with Crippen molar-refractivity contribution in [3.05, 3.63) is 47.7 Å². The Labute approximate surface area is 104 Å². The Morgan fingerprint density at radius 3 is 2.94 bits per heavy atom. The first-order chi connectivity index (χ1) is 8.72. The van der Waals surface area contributed by atoms with Gasteiger partial charge >= 0.3 is 0 Å². The summed E-state index contributed by atoms with van der Waals surface area (Å²) in [5.41, 5.74) is 6.94. The first kappa shape index (κ1) is 11.9. The highest BCUT2D eigenvalue weighted by Gasteiger charge is 2.07. The Hall–Kier alpha value is -2.58. The molecule has 0 spiro atoms. The molecule has 90 valence electrons. The van der Waals surface area contributed by atoms with Crippen LogP contribution in [0.15, 0.2) is 36.5 Å². The normalized spacial score (nSPS) is 9.78. The minimum atomic E-state index is -0.0720. The lowest BCUT2D eigenvalue weighted by Crippen LogP contribution is -1.95. The lowest BCUT2D eigenvalue weighted by Gasteiger charge is -2.07. The number of aliphatic hydroxyl groups is 1. The van der Waals surface area contributed by atoms with Crippen molar-refractivity contribution in [1.29, 1.82) is 5.26 Å². The highest BCUT2D eigenvalue weighted by atomic mass is 16.5. The molecule has 5 heteroatoms. The predicted molar refractivity (Wildman–Crippen MR) is 65.8 cm³/mol. The van der Waals surface area contributed by atoms with E-state index in [2.05, 4.69) is 4.98 Å². The minimum absolute atomic E-state index is 0.0720. The fourth-order valence-corrected chi connectivity index (χ4v) is 1.45. The molecule has 0 atom stereocenters. The number of aromatic nitrogens is 1. The van der Waals surface area contributed by atoms with Crippen LogP contribution >= 0.6 is 0 Å². The average molecular weight is 241 g/mol. The van der Waals surface area contributed by atoms with Gasteiger partial charge in [0.25, 0.3) is 0 Å². The van der Waals surface area contributed by atoms with Crippen molar-refractivity contribution in [1.82, 2.24) is 4.98 Å². The maximum atomic E-state index is 9.03. The third-order valence-corrected chi connectivity index (χ3v) is 2.29. The number of hydrogen-bond donors (Lipinski definition) is 2. The smallest absolute Gasteiger partial charge is 0.237 e. The van der Waals surface area contributed by atoms with Gasteiger partial charge in [0.15, 0.2) is 0 Å². The molecule has 0 bridgehead atoms. The zero-order chi connectivity index (χ0) is 13.0. The van der Waals surface area contributed by atoms with E-state index >= 15 is 0 Å². The first-order valence-corrected chi connectivity index (χ1v) is 5.26. The fraction of sp³-hybridized carbons (Fsp3) is 0.0769. The van der Waals surface area contributed by atoms with E-state index in [1.54, 1.807) is 24.3 Å². The van der Waals surface area contributed by atoms with Gasteiger partial charge in [-0.15, -0.1) is 0 Å². The molecule has 0 amide bonds. The summed E-state index contributed by atoms with van der Waals surface area (Å²) in [7, 11) is 0. The summed E-state index contributed by atoms with van der Waals surface area (Å²) in [5.74, 6) is 0.706. The number of pyridine rings is 1. The van der Waals surface area contributed by atoms with E-state index in [0.29, 0.717) is 11.4 Å². The van der Waals surface area contributed by atoms with Gasteiger partial charge in [-0.3, -0.25) is 0 Å². The summed E-state index contributed by atoms with van der Waals surface area (Å²) in [6.45, 7) is -0.0720. The second-order valence-electron chi connectivity index (χ2n) is 3.64. The molecule has 0 aliphatic heterocycles. The molecular weight excluding hydrogens is 230 g/mol. The number of aliphatic hydroxyl groups excluding tert-OH is 1. The van der Waals surface area contributed by atoms with Crippen LogP contribution in [0.1, 0.15) is 11.1 Å². The first-order valence-electron chi connectivity index (χ1n) is 5.26. The lowest BCUT2D eigenvalue weighted by molar-refractivity contribution is 0.281. The van der Waals surface area contributed by atoms with Crippen LogP contribution in [0.2, 0.25) is 0 Å². The summed E-state index contributed by atoms with van der Waals surface area (Å²) < 4.78 is 5.50. The highest BCUT2D eigenvalue weighted by Crippen LogP contribution is 2.24. The number of nitrogens with two attached hydrogens (primary N) is 1. The van der Waals surface area contributed by atoms with Gasteiger partial charge < -0.3 is 15.6 Å². The standard InChI is InChI=1S/C13H11N3O2/c14-6-10-5-11(15)7-16-13(10)18-12-3-1-2-9(4-12)8-17/h1-5,7,17H,8,15H2. The van der Waals surface area contributed by atoms with E-state index in [-0.39, 0.29) is 18.1 Å². The van der Waals surface area contributed by atoms with Crippen LogP contribution in [-0.2, 0) is 6.61 Å². The number of nitrogens with zero attached hydrogens (tertiary/aromatic N) is 2. The number of rotatable bonds is 3. The summed E-state index contributed by atoms with van der Waals surface area (Å²) in [4.78, 5) is 3.97. The van der Waals surface area contributed by atoms with Gasteiger partial charge in [-0.05, 0) is 23.8 Å². The lowest BCUT2D eigenvalue weighted by atomic mass is 10.2. The predicted octanol–water partition coefficient (Wildman–Crippen LogP) is 1.82. The molecule has 1 aromatic carbocycles. The van der Waals surface area contributed by atoms with E-state index in [4.69, 9.17) is 20.8 Å². The second-order valence-corrected chi connectivity index (χ2v) is 3.64. The largest absolute Gasteiger partial charge is 0.438 e. The van der Waals surface area contributed by atoms with Crippen LogP contribution in [0, 0.1) is 11.3 Å². The van der Waals surface area contributed by atoms with Gasteiger partial charge in [-0.1, -0.05) is 12.1 Å². The molecule has 3 N–H and O–H groups in total. The van der Waals surface area contributed by atoms with Crippen molar-refractivity contribution in [2.45, 2.75) is 6.61 Å². The van der Waals surface area contributed by atoms with Crippen LogP contribution in [-0.4, -0.2) is 10.1 Å². The van der Waals surface area contributed by atoms with Gasteiger partial charge in [0.2, 0.25) is 5.88 Å². The molecule has 1 aromatic heterocycles. The van der Waals surface area contributed by atoms with Crippen molar-refractivity contribution in [3.8, 4) is 17.7 Å². The number of nitrogen functional groups attached to an aromatic ring is 1. The number of benzene rings is 1. The average Bonchev–Trinajstić information content (AvgIpc) is 2.41. The molecule has 0 saturated carbocycles. The van der Waals surface area contributed by atoms with E-state index < -0.39 is 0 Å². The molecule has 0 aliphatic rings. The molecule has 0 fully saturated rings. The SMILES string of the molecule is N#Cc1cc(N)cnc1Oc1cccc(CO)c1. The van der Waals surface area contributed by atoms with Crippen LogP contribution in [0.25, 0.3) is 0 Å². The molecule has 5 nitrogen and oxygen atoms in total. The Morgan fingerprint density at radius 2 is 2.22 bits per heavy atom. The van der Waals surface area contributed by atoms with Crippen molar-refractivity contribution < 1.29 is 9.84 Å². The molecule has 0 saturated heterocycles. The summed E-state index contributed by atoms with van der Waals surface area (Å²) in [5, 5.41) is 18.0. The third-order valence-electron chi connectivity index (χ3n) is 2.29. The Morgan fingerprint density at radius 1 is 1.39 bits per heavy atom. The van der Waals surface area contributed by atoms with Crippen LogP contribution in [0.3, 0.4) is 0 Å². The van der Waals surface area contributed by atoms with Gasteiger partial charge in [0.05, 0.1) is 18.5 Å². The van der Waals surface area contributed by atoms with Crippen LogP contribution in [0.5, 0.6) is 11.6 Å². The number of nitriles is 1. The Bertz CT molecular complexity index is 605. The molecule has 2 aromatic rings. The molecule has 0 unspecified atom stereocenters. The zero-order valence-electron chi connectivity index (χ0n) is 9.50. The van der Waals surface area contributed by atoms with Crippen molar-refractivity contribution in [2.75, 3.05) is 5.73 Å². The number of anilines is 1. The molecule has 1 heterocycles. The maximum absolute atomic E-state index is 9.03. The zero-order valence-corrected chi connectivity index (χ0v) is 9.50. The van der Waals surface area contributed by atoms with Gasteiger partial charge in [0.1, 0.15) is 17.4 Å². The third kappa shape index (κ3) is 2.56. The maximum Gasteiger partial charge on any atom is 0.237 e. The summed E-state index contributed by atoms with van der Waals surface area (Å²) >= 11 is 0. The number of hydrogen-bond acceptors (Lipinski definition) is 5. The Kier molecular flexibility index (Phi) is 3.41. The van der Waals surface area contributed by atoms with E-state index in [1.165, 1.54) is 12.3 Å². The van der Waals surface area contributed by atoms with Crippen molar-refractivity contribution in [3.63, 3.8) is 0 Å². The van der Waals surface area contributed by atoms with Crippen LogP contribution < -0.4 is 10.5 Å². The van der Waals surface area contributed by atoms with Gasteiger partial charge in [-0.2, -0.15) is 5.26 Å². The quantitative estimate of drug-likeness (QED) is 0.855. The monoisotopic (exact) mass is 241 g/mol. The van der Waals surface area contributed by atoms with Crippen molar-refractivity contribution >= 4 is 5.69 Å². The van der Waals surface area contributed by atoms with E-state index in [9.17, 15) is 0 Å². The molecular formula is C13H11N3O2. The summed E-state index contributed by atoms with van der Waals surface area (Å²) in [6.07, 6.45) is 1.42. The van der Waals surface area contributed by atoms with Crippen LogP contribution in [0.4, 0.5) is 5.69 Å². The molecule has 0 radical (unpaired) electrons. The van der Waals surface area contributed by atoms with E-state index in [0.717, 1.165) is 5.56 Å². The topological polar surface area (TPSA) is 92.2 Å². The molecule has 0 aliphatic carbocycles. The fourth-order valence-electron chi connectivity index (χ4n) is 1.45. The minimum Gasteiger partial charge on any atom is -0.438 e. The second kappa shape index (κ2) is 5.17. The van der Waals surface area contributed by atoms with Crippen molar-refractivity contribution in [2.24, 2.45) is 0 Å².